The lowest BCUT2D eigenvalue weighted by atomic mass is 9.67. The Kier molecular flexibility index (Phi) is 39.5. The van der Waals surface area contributed by atoms with E-state index in [1.54, 1.807) is 0 Å². The zero-order chi connectivity index (χ0) is 58.7. The van der Waals surface area contributed by atoms with Crippen molar-refractivity contribution in [2.75, 3.05) is 47.9 Å². The Morgan fingerprint density at radius 1 is 0.358 bits per heavy atom. The molecule has 0 amide bonds. The number of rotatable bonds is 42. The number of halogens is 3. The lowest BCUT2D eigenvalue weighted by Crippen LogP contribution is -2.48. The largest absolute Gasteiger partial charge is 0.871 e. The first-order valence-corrected chi connectivity index (χ1v) is 33.3. The van der Waals surface area contributed by atoms with Crippen molar-refractivity contribution in [2.24, 2.45) is 0 Å². The summed E-state index contributed by atoms with van der Waals surface area (Å²) in [6.45, 7) is 9.57. The van der Waals surface area contributed by atoms with E-state index in [1.165, 1.54) is 204 Å². The van der Waals surface area contributed by atoms with Crippen LogP contribution in [0.3, 0.4) is 0 Å². The number of quaternary nitrogens is 2. The Morgan fingerprint density at radius 2 is 0.617 bits per heavy atom. The Balaban J connectivity index is 0.000000320. The predicted molar refractivity (Wildman–Crippen MR) is 350 cm³/mol. The zero-order valence-electron chi connectivity index (χ0n) is 51.8. The van der Waals surface area contributed by atoms with Gasteiger partial charge in [0.2, 0.25) is 0 Å². The predicted octanol–water partition coefficient (Wildman–Crippen LogP) is 20.0. The smallest absolute Gasteiger partial charge is 0.104 e. The standard InChI is InChI=1S/2C25H46N.C22H18BCl3O3/c2*1-4-5-6-7-8-9-10-11-12-13-14-15-16-20-23-26(2,3)24-25-21-18-17-19-22-25;24-19-8-2-16(3-9-19)22(14-1-15-29-23(27)28,17-4-10-20(25)11-5-17)18-6-12-21(26)13-7-18/h2*17-19,21-22H,4-16,20,23-24H2,1-3H3;2-13H,1,14-15H2/q2*+1;-2. The third-order valence-electron chi connectivity index (χ3n) is 16.1. The van der Waals surface area contributed by atoms with Crippen LogP contribution in [0.4, 0.5) is 0 Å². The number of nitrogens with zero attached hydrogens (tertiary/aromatic N) is 2. The Morgan fingerprint density at radius 3 is 0.877 bits per heavy atom. The van der Waals surface area contributed by atoms with Crippen molar-refractivity contribution >= 4 is 42.1 Å². The molecular formula is C72H110BCl3N2O3. The summed E-state index contributed by atoms with van der Waals surface area (Å²) in [5.74, 6) is 0. The molecule has 0 aliphatic carbocycles. The lowest BCUT2D eigenvalue weighted by molar-refractivity contribution is -0.903. The fraction of sp³-hybridized carbons (Fsp3) is 0.583. The molecule has 0 radical (unpaired) electrons. The second-order valence-corrected chi connectivity index (χ2v) is 25.8. The highest BCUT2D eigenvalue weighted by atomic mass is 35.5. The van der Waals surface area contributed by atoms with Crippen molar-refractivity contribution in [3.05, 3.63) is 176 Å². The third-order valence-corrected chi connectivity index (χ3v) is 16.9. The molecule has 0 spiro atoms. The molecule has 9 heteroatoms. The van der Waals surface area contributed by atoms with E-state index in [0.717, 1.165) is 38.7 Å². The van der Waals surface area contributed by atoms with Gasteiger partial charge in [0.25, 0.3) is 0 Å². The summed E-state index contributed by atoms with van der Waals surface area (Å²) in [4.78, 5) is 0. The van der Waals surface area contributed by atoms with Gasteiger partial charge in [0.05, 0.1) is 48.6 Å². The van der Waals surface area contributed by atoms with Crippen LogP contribution >= 0.6 is 34.8 Å². The Hall–Kier alpha value is -3.17. The van der Waals surface area contributed by atoms with Crippen LogP contribution in [0.5, 0.6) is 0 Å². The summed E-state index contributed by atoms with van der Waals surface area (Å²) in [6, 6.07) is 44.8. The molecule has 5 rings (SSSR count). The van der Waals surface area contributed by atoms with E-state index in [-0.39, 0.29) is 6.61 Å². The third kappa shape index (κ3) is 33.8. The van der Waals surface area contributed by atoms with E-state index in [9.17, 15) is 10.0 Å². The molecule has 0 saturated carbocycles. The monoisotopic (exact) mass is 1170 g/mol. The quantitative estimate of drug-likeness (QED) is 0.0169. The van der Waals surface area contributed by atoms with Gasteiger partial charge in [-0.15, -0.1) is 0 Å². The van der Waals surface area contributed by atoms with Gasteiger partial charge in [-0.3, -0.25) is 0 Å². The van der Waals surface area contributed by atoms with Crippen LogP contribution in [-0.2, 0) is 23.2 Å². The molecule has 5 nitrogen and oxygen atoms in total. The Bertz CT molecular complexity index is 2030. The first-order valence-electron chi connectivity index (χ1n) is 32.1. The lowest BCUT2D eigenvalue weighted by Gasteiger charge is -2.37. The van der Waals surface area contributed by atoms with Gasteiger partial charge in [-0.1, -0.05) is 300 Å². The summed E-state index contributed by atoms with van der Waals surface area (Å²) in [7, 11) is 7.20. The second kappa shape index (κ2) is 44.3. The van der Waals surface area contributed by atoms with Crippen LogP contribution in [0, 0.1) is 0 Å². The van der Waals surface area contributed by atoms with Crippen LogP contribution in [0.1, 0.15) is 234 Å². The average Bonchev–Trinajstić information content (AvgIpc) is 3.45. The first-order chi connectivity index (χ1) is 39.2. The molecule has 0 aromatic heterocycles. The van der Waals surface area contributed by atoms with Gasteiger partial charge in [-0.2, -0.15) is 0 Å². The maximum Gasteiger partial charge on any atom is 0.104 e. The van der Waals surface area contributed by atoms with E-state index >= 15 is 0 Å². The maximum absolute atomic E-state index is 10.8. The molecule has 450 valence electrons. The summed E-state index contributed by atoms with van der Waals surface area (Å²) < 4.78 is 6.95. The van der Waals surface area contributed by atoms with E-state index in [1.807, 2.05) is 72.8 Å². The van der Waals surface area contributed by atoms with Crippen LogP contribution < -0.4 is 10.0 Å². The van der Waals surface area contributed by atoms with E-state index < -0.39 is 12.7 Å². The molecule has 0 aliphatic heterocycles. The summed E-state index contributed by atoms with van der Waals surface area (Å²) in [6.07, 6.45) is 41.5. The molecule has 0 aliphatic rings. The van der Waals surface area contributed by atoms with Crippen molar-refractivity contribution in [2.45, 2.75) is 225 Å². The van der Waals surface area contributed by atoms with Crippen molar-refractivity contribution in [1.29, 1.82) is 0 Å². The molecule has 81 heavy (non-hydrogen) atoms. The number of hydrogen-bond donors (Lipinski definition) is 0. The van der Waals surface area contributed by atoms with E-state index in [2.05, 4.69) is 103 Å². The topological polar surface area (TPSA) is 55.3 Å². The summed E-state index contributed by atoms with van der Waals surface area (Å²) in [5, 5.41) is 23.4. The minimum Gasteiger partial charge on any atom is -0.871 e. The molecular weight excluding hydrogens is 1060 g/mol. The fourth-order valence-corrected chi connectivity index (χ4v) is 11.8. The maximum atomic E-state index is 10.8. The van der Waals surface area contributed by atoms with Crippen molar-refractivity contribution < 1.29 is 23.7 Å². The van der Waals surface area contributed by atoms with E-state index in [4.69, 9.17) is 39.5 Å². The van der Waals surface area contributed by atoms with Gasteiger partial charge in [0.1, 0.15) is 13.1 Å². The molecule has 5 aromatic carbocycles. The number of hydrogen-bond acceptors (Lipinski definition) is 3. The van der Waals surface area contributed by atoms with Gasteiger partial charge in [0, 0.05) is 38.2 Å². The number of unbranched alkanes of at least 4 members (excludes halogenated alkanes) is 26. The molecule has 5 aromatic rings. The summed E-state index contributed by atoms with van der Waals surface area (Å²) in [5.41, 5.74) is 5.42. The minimum atomic E-state index is -2.29. The number of benzene rings is 5. The van der Waals surface area contributed by atoms with Gasteiger partial charge in [-0.25, -0.2) is 0 Å². The normalized spacial score (nSPS) is 11.7. The van der Waals surface area contributed by atoms with Crippen LogP contribution in [0.15, 0.2) is 133 Å². The van der Waals surface area contributed by atoms with Crippen LogP contribution in [0.25, 0.3) is 0 Å². The van der Waals surface area contributed by atoms with Crippen LogP contribution in [0.2, 0.25) is 15.1 Å². The van der Waals surface area contributed by atoms with Gasteiger partial charge >= 0.3 is 0 Å². The fourth-order valence-electron chi connectivity index (χ4n) is 11.4. The highest BCUT2D eigenvalue weighted by Crippen LogP contribution is 2.44. The molecule has 0 fully saturated rings. The van der Waals surface area contributed by atoms with E-state index in [0.29, 0.717) is 27.9 Å². The van der Waals surface area contributed by atoms with Crippen molar-refractivity contribution in [3.63, 3.8) is 0 Å². The second-order valence-electron chi connectivity index (χ2n) is 24.5. The molecule has 0 atom stereocenters. The molecule has 0 unspecified atom stereocenters. The van der Waals surface area contributed by atoms with Gasteiger partial charge < -0.3 is 23.7 Å². The van der Waals surface area contributed by atoms with Gasteiger partial charge in [-0.05, 0) is 91.6 Å². The van der Waals surface area contributed by atoms with Gasteiger partial charge in [0.15, 0.2) is 0 Å². The summed E-state index contributed by atoms with van der Waals surface area (Å²) >= 11 is 18.4. The first kappa shape index (κ1) is 72.1. The SMILES string of the molecule is CCCCCCCCCCCCCCCC[N+](C)(C)Cc1ccccc1.CCCCCCCCCCCCCCCC[N+](C)(C)Cc1ccccc1.[O-]B([O-])OCCCC(c1ccc(Cl)cc1)(c1ccc(Cl)cc1)c1ccc(Cl)cc1. The highest BCUT2D eigenvalue weighted by Gasteiger charge is 2.36. The Labute approximate surface area is 511 Å². The molecule has 0 bridgehead atoms. The zero-order valence-corrected chi connectivity index (χ0v) is 54.0. The molecule has 0 saturated heterocycles. The van der Waals surface area contributed by atoms with Crippen molar-refractivity contribution in [3.8, 4) is 0 Å². The highest BCUT2D eigenvalue weighted by molar-refractivity contribution is 6.31. The van der Waals surface area contributed by atoms with Crippen molar-refractivity contribution in [1.82, 2.24) is 0 Å². The van der Waals surface area contributed by atoms with Crippen LogP contribution in [-0.4, -0.2) is 64.2 Å². The average molecular weight is 1170 g/mol. The molecule has 0 heterocycles. The molecule has 0 N–H and O–H groups in total. The minimum absolute atomic E-state index is 0.0776.